The second-order valence-electron chi connectivity index (χ2n) is 6.92. The number of ketones is 1. The first kappa shape index (κ1) is 17.9. The molecule has 26 heavy (non-hydrogen) atoms. The molecule has 2 aliphatic rings. The highest BCUT2D eigenvalue weighted by Gasteiger charge is 2.39. The van der Waals surface area contributed by atoms with Crippen LogP contribution < -0.4 is 0 Å². The van der Waals surface area contributed by atoms with E-state index in [4.69, 9.17) is 9.47 Å². The van der Waals surface area contributed by atoms with Gasteiger partial charge in [0.15, 0.2) is 11.6 Å². The lowest BCUT2D eigenvalue weighted by molar-refractivity contribution is -0.185. The Labute approximate surface area is 162 Å². The summed E-state index contributed by atoms with van der Waals surface area (Å²) in [7, 11) is 0. The van der Waals surface area contributed by atoms with Crippen LogP contribution in [-0.4, -0.2) is 42.8 Å². The molecule has 0 saturated carbocycles. The van der Waals surface area contributed by atoms with E-state index in [0.717, 1.165) is 48.1 Å². The van der Waals surface area contributed by atoms with Crippen LogP contribution in [0.1, 0.15) is 34.3 Å². The molecule has 2 fully saturated rings. The third-order valence-electron chi connectivity index (χ3n) is 5.11. The van der Waals surface area contributed by atoms with Gasteiger partial charge < -0.3 is 9.47 Å². The number of piperidine rings is 1. The summed E-state index contributed by atoms with van der Waals surface area (Å²) in [6, 6.07) is 15.5. The minimum Gasteiger partial charge on any atom is -0.347 e. The second-order valence-corrected chi connectivity index (χ2v) is 7.84. The molecule has 0 atom stereocenters. The number of rotatable bonds is 4. The van der Waals surface area contributed by atoms with Gasteiger partial charge in [0, 0.05) is 48.1 Å². The lowest BCUT2D eigenvalue weighted by Gasteiger charge is -2.37. The molecular formula is C21H22BrNO3. The van der Waals surface area contributed by atoms with Crippen LogP contribution >= 0.6 is 15.9 Å². The summed E-state index contributed by atoms with van der Waals surface area (Å²) in [6.45, 7) is 4.16. The van der Waals surface area contributed by atoms with E-state index < -0.39 is 0 Å². The number of carbonyl (C=O) groups excluding carboxylic acids is 1. The quantitative estimate of drug-likeness (QED) is 0.706. The molecule has 1 spiro atoms. The van der Waals surface area contributed by atoms with Gasteiger partial charge in [0.25, 0.3) is 0 Å². The number of nitrogens with zero attached hydrogens (tertiary/aromatic N) is 1. The van der Waals surface area contributed by atoms with Gasteiger partial charge in [-0.2, -0.15) is 0 Å². The molecule has 0 aromatic heterocycles. The van der Waals surface area contributed by atoms with Gasteiger partial charge in [0.1, 0.15) is 0 Å². The average Bonchev–Trinajstić information content (AvgIpc) is 3.12. The summed E-state index contributed by atoms with van der Waals surface area (Å²) in [5.41, 5.74) is 2.60. The predicted octanol–water partition coefficient (Wildman–Crippen LogP) is 4.02. The fourth-order valence-corrected chi connectivity index (χ4v) is 4.10. The second kappa shape index (κ2) is 7.61. The molecule has 0 N–H and O–H groups in total. The van der Waals surface area contributed by atoms with E-state index in [9.17, 15) is 4.79 Å². The van der Waals surface area contributed by atoms with Gasteiger partial charge in [-0.05, 0) is 23.8 Å². The van der Waals surface area contributed by atoms with Crippen LogP contribution in [0.5, 0.6) is 0 Å². The number of hydrogen-bond acceptors (Lipinski definition) is 4. The van der Waals surface area contributed by atoms with Gasteiger partial charge >= 0.3 is 0 Å². The van der Waals surface area contributed by atoms with Crippen molar-refractivity contribution in [2.45, 2.75) is 25.2 Å². The highest BCUT2D eigenvalue weighted by molar-refractivity contribution is 9.10. The molecule has 4 nitrogen and oxygen atoms in total. The van der Waals surface area contributed by atoms with E-state index in [0.29, 0.717) is 18.8 Å². The molecule has 0 amide bonds. The minimum atomic E-state index is -0.338. The number of carbonyl (C=O) groups is 1. The van der Waals surface area contributed by atoms with Crippen molar-refractivity contribution in [3.05, 3.63) is 69.7 Å². The first-order valence-electron chi connectivity index (χ1n) is 9.03. The fraction of sp³-hybridized carbons (Fsp3) is 0.381. The van der Waals surface area contributed by atoms with Crippen LogP contribution in [0.15, 0.2) is 53.0 Å². The molecule has 0 bridgehead atoms. The lowest BCUT2D eigenvalue weighted by Crippen LogP contribution is -2.44. The van der Waals surface area contributed by atoms with Crippen LogP contribution in [0.2, 0.25) is 0 Å². The predicted molar refractivity (Wildman–Crippen MR) is 103 cm³/mol. The van der Waals surface area contributed by atoms with Crippen LogP contribution in [-0.2, 0) is 16.0 Å². The van der Waals surface area contributed by atoms with E-state index in [1.54, 1.807) is 0 Å². The fourth-order valence-electron chi connectivity index (χ4n) is 3.70. The van der Waals surface area contributed by atoms with E-state index in [2.05, 4.69) is 26.9 Å². The molecule has 2 aliphatic heterocycles. The smallest absolute Gasteiger partial charge is 0.193 e. The van der Waals surface area contributed by atoms with Gasteiger partial charge in [0.2, 0.25) is 0 Å². The number of likely N-dealkylation sites (tertiary alicyclic amines) is 1. The Morgan fingerprint density at radius 1 is 1.00 bits per heavy atom. The van der Waals surface area contributed by atoms with Gasteiger partial charge in [-0.15, -0.1) is 0 Å². The molecule has 5 heteroatoms. The Kier molecular flexibility index (Phi) is 5.23. The van der Waals surface area contributed by atoms with Gasteiger partial charge in [-0.1, -0.05) is 46.3 Å². The molecule has 0 aliphatic carbocycles. The first-order valence-corrected chi connectivity index (χ1v) is 9.82. The van der Waals surface area contributed by atoms with Crippen molar-refractivity contribution in [2.75, 3.05) is 26.3 Å². The highest BCUT2D eigenvalue weighted by atomic mass is 79.9. The van der Waals surface area contributed by atoms with Crippen molar-refractivity contribution in [3.8, 4) is 0 Å². The monoisotopic (exact) mass is 415 g/mol. The third-order valence-corrected chi connectivity index (χ3v) is 5.61. The summed E-state index contributed by atoms with van der Waals surface area (Å²) in [4.78, 5) is 15.1. The van der Waals surface area contributed by atoms with Crippen molar-refractivity contribution >= 4 is 21.7 Å². The van der Waals surface area contributed by atoms with E-state index in [1.165, 1.54) is 0 Å². The van der Waals surface area contributed by atoms with Gasteiger partial charge in [-0.3, -0.25) is 9.69 Å². The third kappa shape index (κ3) is 3.91. The standard InChI is InChI=1S/C21H22BrNO3/c22-19-6-2-5-18(14-19)20(24)17-4-1-3-16(13-17)15-23-9-7-21(8-10-23)25-11-12-26-21/h1-6,13-14H,7-12,15H2. The van der Waals surface area contributed by atoms with Crippen molar-refractivity contribution in [1.82, 2.24) is 4.90 Å². The lowest BCUT2D eigenvalue weighted by atomic mass is 10.00. The van der Waals surface area contributed by atoms with Gasteiger partial charge in [0.05, 0.1) is 13.2 Å². The Hall–Kier alpha value is -1.53. The van der Waals surface area contributed by atoms with E-state index in [1.807, 2.05) is 42.5 Å². The largest absolute Gasteiger partial charge is 0.347 e. The van der Waals surface area contributed by atoms with Crippen LogP contribution in [0.4, 0.5) is 0 Å². The zero-order valence-electron chi connectivity index (χ0n) is 14.6. The summed E-state index contributed by atoms with van der Waals surface area (Å²) in [5.74, 6) is -0.284. The number of benzene rings is 2. The molecule has 0 radical (unpaired) electrons. The maximum absolute atomic E-state index is 12.7. The topological polar surface area (TPSA) is 38.8 Å². The molecule has 4 rings (SSSR count). The number of hydrogen-bond donors (Lipinski definition) is 0. The average molecular weight is 416 g/mol. The van der Waals surface area contributed by atoms with E-state index in [-0.39, 0.29) is 11.6 Å². The zero-order chi connectivity index (χ0) is 18.0. The maximum atomic E-state index is 12.7. The van der Waals surface area contributed by atoms with Crippen molar-refractivity contribution < 1.29 is 14.3 Å². The Morgan fingerprint density at radius 2 is 1.65 bits per heavy atom. The Bertz CT molecular complexity index is 791. The molecule has 136 valence electrons. The normalized spacial score (nSPS) is 19.7. The minimum absolute atomic E-state index is 0.0542. The molecule has 2 heterocycles. The highest BCUT2D eigenvalue weighted by Crippen LogP contribution is 2.31. The van der Waals surface area contributed by atoms with Crippen LogP contribution in [0.25, 0.3) is 0 Å². The summed E-state index contributed by atoms with van der Waals surface area (Å²) >= 11 is 3.43. The molecule has 0 unspecified atom stereocenters. The molecule has 2 saturated heterocycles. The Balaban J connectivity index is 1.42. The summed E-state index contributed by atoms with van der Waals surface area (Å²) in [5, 5.41) is 0. The van der Waals surface area contributed by atoms with Crippen LogP contribution in [0, 0.1) is 0 Å². The summed E-state index contributed by atoms with van der Waals surface area (Å²) in [6.07, 6.45) is 1.81. The number of halogens is 1. The molecular weight excluding hydrogens is 394 g/mol. The van der Waals surface area contributed by atoms with Crippen molar-refractivity contribution in [3.63, 3.8) is 0 Å². The van der Waals surface area contributed by atoms with Crippen molar-refractivity contribution in [1.29, 1.82) is 0 Å². The SMILES string of the molecule is O=C(c1cccc(Br)c1)c1cccc(CN2CCC3(CC2)OCCO3)c1. The van der Waals surface area contributed by atoms with Gasteiger partial charge in [-0.25, -0.2) is 0 Å². The first-order chi connectivity index (χ1) is 12.6. The Morgan fingerprint density at radius 3 is 2.35 bits per heavy atom. The summed E-state index contributed by atoms with van der Waals surface area (Å²) < 4.78 is 12.5. The van der Waals surface area contributed by atoms with Crippen LogP contribution in [0.3, 0.4) is 0 Å². The zero-order valence-corrected chi connectivity index (χ0v) is 16.2. The molecule has 2 aromatic carbocycles. The molecule has 2 aromatic rings. The van der Waals surface area contributed by atoms with E-state index >= 15 is 0 Å². The number of ether oxygens (including phenoxy) is 2. The van der Waals surface area contributed by atoms with Crippen molar-refractivity contribution in [2.24, 2.45) is 0 Å². The maximum Gasteiger partial charge on any atom is 0.193 e.